The molecule has 2 aromatic carbocycles. The summed E-state index contributed by atoms with van der Waals surface area (Å²) in [6.45, 7) is 5.94. The summed E-state index contributed by atoms with van der Waals surface area (Å²) in [6, 6.07) is 13.7. The Morgan fingerprint density at radius 1 is 1.09 bits per heavy atom. The number of ether oxygens (including phenoxy) is 1. The summed E-state index contributed by atoms with van der Waals surface area (Å²) in [6.07, 6.45) is 2.90. The van der Waals surface area contributed by atoms with Crippen LogP contribution < -0.4 is 10.2 Å². The van der Waals surface area contributed by atoms with Gasteiger partial charge in [0.1, 0.15) is 11.3 Å². The largest absolute Gasteiger partial charge is 0.506 e. The topological polar surface area (TPSA) is 94.7 Å². The lowest BCUT2D eigenvalue weighted by molar-refractivity contribution is -0.132. The molecule has 0 unspecified atom stereocenters. The highest BCUT2D eigenvalue weighted by Gasteiger charge is 2.13. The van der Waals surface area contributed by atoms with Gasteiger partial charge < -0.3 is 25.0 Å². The predicted molar refractivity (Wildman–Crippen MR) is 133 cm³/mol. The number of rotatable bonds is 14. The van der Waals surface area contributed by atoms with Gasteiger partial charge in [-0.15, -0.1) is 0 Å². The van der Waals surface area contributed by atoms with Gasteiger partial charge in [-0.1, -0.05) is 54.7 Å². The second kappa shape index (κ2) is 13.1. The van der Waals surface area contributed by atoms with E-state index in [-0.39, 0.29) is 16.5 Å². The number of phenolic OH excluding ortho intramolecular Hbond substituents is 1. The third-order valence-electron chi connectivity index (χ3n) is 5.45. The molecule has 178 valence electrons. The molecular formula is C25H33N3O4S. The smallest absolute Gasteiger partial charge is 0.305 e. The maximum absolute atomic E-state index is 12.6. The zero-order chi connectivity index (χ0) is 23.5. The van der Waals surface area contributed by atoms with E-state index in [1.165, 1.54) is 5.56 Å². The van der Waals surface area contributed by atoms with E-state index in [0.29, 0.717) is 38.2 Å². The minimum atomic E-state index is -0.168. The van der Waals surface area contributed by atoms with Gasteiger partial charge in [-0.2, -0.15) is 0 Å². The molecule has 1 amide bonds. The molecule has 3 aromatic rings. The summed E-state index contributed by atoms with van der Waals surface area (Å²) in [5.41, 5.74) is 2.77. The van der Waals surface area contributed by atoms with E-state index in [2.05, 4.69) is 29.4 Å². The molecule has 7 nitrogen and oxygen atoms in total. The van der Waals surface area contributed by atoms with Gasteiger partial charge in [0.2, 0.25) is 5.91 Å². The molecule has 0 saturated heterocycles. The van der Waals surface area contributed by atoms with Crippen LogP contribution in [0.1, 0.15) is 30.9 Å². The van der Waals surface area contributed by atoms with E-state index in [0.717, 1.165) is 54.0 Å². The van der Waals surface area contributed by atoms with Gasteiger partial charge in [-0.25, -0.2) is 0 Å². The van der Waals surface area contributed by atoms with Crippen LogP contribution in [0.15, 0.2) is 47.3 Å². The SMILES string of the molecule is CCCN(CCNCCc1ccc(O)c2[nH]c(=O)sc12)C(=O)CCOCCc1ccccc1. The fraction of sp³-hybridized carbons (Fsp3) is 0.440. The number of amides is 1. The van der Waals surface area contributed by atoms with Crippen molar-refractivity contribution in [2.24, 2.45) is 0 Å². The van der Waals surface area contributed by atoms with E-state index in [1.807, 2.05) is 29.2 Å². The molecule has 0 bridgehead atoms. The van der Waals surface area contributed by atoms with E-state index in [1.54, 1.807) is 6.07 Å². The molecule has 0 aliphatic carbocycles. The molecule has 0 aliphatic rings. The third-order valence-corrected chi connectivity index (χ3v) is 6.41. The number of aromatic hydroxyl groups is 1. The first-order chi connectivity index (χ1) is 16.1. The van der Waals surface area contributed by atoms with Gasteiger partial charge >= 0.3 is 4.87 Å². The number of benzene rings is 2. The Kier molecular flexibility index (Phi) is 9.93. The Labute approximate surface area is 198 Å². The number of fused-ring (bicyclic) bond motifs is 1. The number of carbonyl (C=O) groups excluding carboxylic acids is 1. The quantitative estimate of drug-likeness (QED) is 0.314. The fourth-order valence-electron chi connectivity index (χ4n) is 3.72. The summed E-state index contributed by atoms with van der Waals surface area (Å²) >= 11 is 1.12. The first kappa shape index (κ1) is 25.0. The van der Waals surface area contributed by atoms with E-state index < -0.39 is 0 Å². The molecule has 3 rings (SSSR count). The van der Waals surface area contributed by atoms with E-state index in [9.17, 15) is 14.7 Å². The van der Waals surface area contributed by atoms with Crippen molar-refractivity contribution < 1.29 is 14.6 Å². The van der Waals surface area contributed by atoms with E-state index in [4.69, 9.17) is 4.74 Å². The van der Waals surface area contributed by atoms with Gasteiger partial charge in [-0.05, 0) is 43.0 Å². The second-order valence-electron chi connectivity index (χ2n) is 7.94. The highest BCUT2D eigenvalue weighted by atomic mass is 32.1. The van der Waals surface area contributed by atoms with Crippen LogP contribution in [0, 0.1) is 0 Å². The summed E-state index contributed by atoms with van der Waals surface area (Å²) in [5, 5.41) is 13.3. The van der Waals surface area contributed by atoms with Crippen molar-refractivity contribution in [3.63, 3.8) is 0 Å². The van der Waals surface area contributed by atoms with Crippen molar-refractivity contribution in [2.75, 3.05) is 39.4 Å². The number of aromatic nitrogens is 1. The molecule has 0 aliphatic heterocycles. The molecule has 33 heavy (non-hydrogen) atoms. The molecule has 0 radical (unpaired) electrons. The number of hydrogen-bond donors (Lipinski definition) is 3. The maximum Gasteiger partial charge on any atom is 0.305 e. The van der Waals surface area contributed by atoms with Crippen LogP contribution in [-0.4, -0.2) is 60.3 Å². The number of hydrogen-bond acceptors (Lipinski definition) is 6. The monoisotopic (exact) mass is 471 g/mol. The number of carbonyl (C=O) groups is 1. The zero-order valence-electron chi connectivity index (χ0n) is 19.1. The van der Waals surface area contributed by atoms with Crippen molar-refractivity contribution in [3.05, 3.63) is 63.3 Å². The van der Waals surface area contributed by atoms with Gasteiger partial charge in [0.05, 0.1) is 24.3 Å². The highest BCUT2D eigenvalue weighted by Crippen LogP contribution is 2.27. The molecule has 1 aromatic heterocycles. The van der Waals surface area contributed by atoms with Crippen LogP contribution in [-0.2, 0) is 22.4 Å². The standard InChI is InChI=1S/C25H33N3O4S/c1-2-15-28(22(30)12-18-32-17-11-19-6-4-3-5-7-19)16-14-26-13-10-20-8-9-21(29)23-24(20)33-25(31)27-23/h3-9,26,29H,2,10-18H2,1H3,(H,27,31). The number of phenols is 1. The second-order valence-corrected chi connectivity index (χ2v) is 8.92. The number of nitrogens with zero attached hydrogens (tertiary/aromatic N) is 1. The summed E-state index contributed by atoms with van der Waals surface area (Å²) in [5.74, 6) is 0.216. The van der Waals surface area contributed by atoms with Crippen molar-refractivity contribution in [2.45, 2.75) is 32.6 Å². The molecule has 0 fully saturated rings. The lowest BCUT2D eigenvalue weighted by Gasteiger charge is -2.22. The van der Waals surface area contributed by atoms with Crippen LogP contribution in [0.2, 0.25) is 0 Å². The van der Waals surface area contributed by atoms with Crippen molar-refractivity contribution >= 4 is 27.5 Å². The van der Waals surface area contributed by atoms with E-state index >= 15 is 0 Å². The number of H-pyrrole nitrogens is 1. The summed E-state index contributed by atoms with van der Waals surface area (Å²) in [4.78, 5) is 28.6. The lowest BCUT2D eigenvalue weighted by Crippen LogP contribution is -2.38. The van der Waals surface area contributed by atoms with Crippen molar-refractivity contribution in [3.8, 4) is 5.75 Å². The van der Waals surface area contributed by atoms with Crippen LogP contribution in [0.4, 0.5) is 0 Å². The first-order valence-corrected chi connectivity index (χ1v) is 12.3. The van der Waals surface area contributed by atoms with Gasteiger partial charge in [0, 0.05) is 19.6 Å². The average Bonchev–Trinajstić information content (AvgIpc) is 3.22. The molecule has 8 heteroatoms. The highest BCUT2D eigenvalue weighted by molar-refractivity contribution is 7.16. The minimum Gasteiger partial charge on any atom is -0.506 e. The van der Waals surface area contributed by atoms with Crippen LogP contribution in [0.3, 0.4) is 0 Å². The Hall–Kier alpha value is -2.68. The normalized spacial score (nSPS) is 11.2. The molecule has 3 N–H and O–H groups in total. The van der Waals surface area contributed by atoms with Crippen LogP contribution in [0.5, 0.6) is 5.75 Å². The summed E-state index contributed by atoms with van der Waals surface area (Å²) in [7, 11) is 0. The van der Waals surface area contributed by atoms with Crippen LogP contribution in [0.25, 0.3) is 10.2 Å². The molecule has 0 atom stereocenters. The number of aromatic amines is 1. The van der Waals surface area contributed by atoms with Crippen LogP contribution >= 0.6 is 11.3 Å². The lowest BCUT2D eigenvalue weighted by atomic mass is 10.1. The van der Waals surface area contributed by atoms with Crippen molar-refractivity contribution in [1.29, 1.82) is 0 Å². The third kappa shape index (κ3) is 7.70. The van der Waals surface area contributed by atoms with Gasteiger partial charge in [0.25, 0.3) is 0 Å². The van der Waals surface area contributed by atoms with Crippen molar-refractivity contribution in [1.82, 2.24) is 15.2 Å². The zero-order valence-corrected chi connectivity index (χ0v) is 20.0. The Morgan fingerprint density at radius 2 is 1.91 bits per heavy atom. The molecule has 0 saturated carbocycles. The Morgan fingerprint density at radius 3 is 2.70 bits per heavy atom. The first-order valence-electron chi connectivity index (χ1n) is 11.5. The molecule has 1 heterocycles. The maximum atomic E-state index is 12.6. The summed E-state index contributed by atoms with van der Waals surface area (Å²) < 4.78 is 6.47. The predicted octanol–water partition coefficient (Wildman–Crippen LogP) is 3.32. The fourth-order valence-corrected chi connectivity index (χ4v) is 4.61. The number of thiazole rings is 1. The molecule has 0 spiro atoms. The van der Waals surface area contributed by atoms with Gasteiger partial charge in [0.15, 0.2) is 0 Å². The Bertz CT molecular complexity index is 1060. The Balaban J connectivity index is 1.35. The average molecular weight is 472 g/mol. The van der Waals surface area contributed by atoms with Gasteiger partial charge in [-0.3, -0.25) is 9.59 Å². The number of nitrogens with one attached hydrogen (secondary N) is 2. The molecular weight excluding hydrogens is 438 g/mol. The minimum absolute atomic E-state index is 0.0952.